The minimum Gasteiger partial charge on any atom is -0.460 e. The summed E-state index contributed by atoms with van der Waals surface area (Å²) in [6.45, 7) is 7.61. The number of nitrogens with zero attached hydrogens (tertiary/aromatic N) is 4. The van der Waals surface area contributed by atoms with E-state index in [1.807, 2.05) is 6.92 Å². The van der Waals surface area contributed by atoms with Crippen molar-refractivity contribution < 1.29 is 14.1 Å². The highest BCUT2D eigenvalue weighted by Gasteiger charge is 2.20. The van der Waals surface area contributed by atoms with Gasteiger partial charge in [0.05, 0.1) is 12.3 Å². The summed E-state index contributed by atoms with van der Waals surface area (Å²) in [7, 11) is 0. The smallest absolute Gasteiger partial charge is 0.376 e. The molecule has 152 valence electrons. The van der Waals surface area contributed by atoms with Crippen LogP contribution < -0.4 is 5.32 Å². The molecule has 0 atom stereocenters. The van der Waals surface area contributed by atoms with E-state index < -0.39 is 5.97 Å². The van der Waals surface area contributed by atoms with Gasteiger partial charge in [0.15, 0.2) is 0 Å². The van der Waals surface area contributed by atoms with Crippen molar-refractivity contribution in [3.63, 3.8) is 0 Å². The molecule has 1 aliphatic heterocycles. The number of aryl methyl sites for hydroxylation is 1. The lowest BCUT2D eigenvalue weighted by Crippen LogP contribution is -2.32. The zero-order valence-corrected chi connectivity index (χ0v) is 16.8. The van der Waals surface area contributed by atoms with Gasteiger partial charge in [-0.1, -0.05) is 29.4 Å². The van der Waals surface area contributed by atoms with Crippen LogP contribution in [0.4, 0.5) is 5.82 Å². The number of anilines is 1. The van der Waals surface area contributed by atoms with Gasteiger partial charge >= 0.3 is 5.97 Å². The molecule has 0 saturated carbocycles. The summed E-state index contributed by atoms with van der Waals surface area (Å²) < 4.78 is 10.2. The minimum absolute atomic E-state index is 0.0226. The first-order valence-electron chi connectivity index (χ1n) is 10.00. The number of benzene rings is 1. The Morgan fingerprint density at radius 3 is 2.93 bits per heavy atom. The van der Waals surface area contributed by atoms with Crippen LogP contribution in [0.15, 0.2) is 28.8 Å². The third-order valence-corrected chi connectivity index (χ3v) is 5.12. The topological polar surface area (TPSA) is 93.4 Å². The Labute approximate surface area is 169 Å². The molecule has 2 aromatic heterocycles. The Bertz CT molecular complexity index is 1020. The van der Waals surface area contributed by atoms with Crippen LogP contribution in [0.2, 0.25) is 0 Å². The van der Waals surface area contributed by atoms with Crippen LogP contribution in [0, 0.1) is 6.92 Å². The van der Waals surface area contributed by atoms with E-state index in [4.69, 9.17) is 9.26 Å². The molecule has 4 rings (SSSR count). The second-order valence-corrected chi connectivity index (χ2v) is 7.14. The molecule has 29 heavy (non-hydrogen) atoms. The Balaban J connectivity index is 1.39. The predicted molar refractivity (Wildman–Crippen MR) is 109 cm³/mol. The van der Waals surface area contributed by atoms with E-state index in [1.165, 1.54) is 11.1 Å². The summed E-state index contributed by atoms with van der Waals surface area (Å²) in [5, 5.41) is 7.97. The summed E-state index contributed by atoms with van der Waals surface area (Å²) in [4.78, 5) is 23.0. The average Bonchev–Trinajstić information content (AvgIpc) is 3.12. The SMILES string of the molecule is CCOC(=O)c1nc(NCCCN2CCc3ccccc3C2)c2c(C)noc2n1. The lowest BCUT2D eigenvalue weighted by molar-refractivity contribution is 0.0512. The van der Waals surface area contributed by atoms with Gasteiger partial charge in [0.2, 0.25) is 5.82 Å². The van der Waals surface area contributed by atoms with Crippen molar-refractivity contribution in [3.8, 4) is 0 Å². The Kier molecular flexibility index (Phi) is 5.71. The summed E-state index contributed by atoms with van der Waals surface area (Å²) in [6.07, 6.45) is 2.05. The standard InChI is InChI=1S/C21H25N5O3/c1-3-28-21(27)19-23-18(17-14(2)25-29-20(17)24-19)22-10-6-11-26-12-9-15-7-4-5-8-16(15)13-26/h4-5,7-8H,3,6,9-13H2,1-2H3,(H,22,23,24). The molecule has 0 unspecified atom stereocenters. The maximum atomic E-state index is 12.0. The van der Waals surface area contributed by atoms with Crippen molar-refractivity contribution in [2.75, 3.05) is 31.6 Å². The van der Waals surface area contributed by atoms with E-state index >= 15 is 0 Å². The third kappa shape index (κ3) is 4.22. The van der Waals surface area contributed by atoms with Gasteiger partial charge in [0.1, 0.15) is 11.2 Å². The molecule has 1 aromatic carbocycles. The van der Waals surface area contributed by atoms with Gasteiger partial charge in [0.25, 0.3) is 5.71 Å². The molecule has 0 saturated heterocycles. The first-order chi connectivity index (χ1) is 14.2. The van der Waals surface area contributed by atoms with Crippen molar-refractivity contribution in [1.82, 2.24) is 20.0 Å². The Morgan fingerprint density at radius 1 is 1.28 bits per heavy atom. The predicted octanol–water partition coefficient (Wildman–Crippen LogP) is 2.96. The van der Waals surface area contributed by atoms with Gasteiger partial charge in [0, 0.05) is 26.2 Å². The fourth-order valence-electron chi connectivity index (χ4n) is 3.66. The van der Waals surface area contributed by atoms with Crippen LogP contribution in [0.3, 0.4) is 0 Å². The quantitative estimate of drug-likeness (QED) is 0.482. The molecule has 0 radical (unpaired) electrons. The molecule has 0 aliphatic carbocycles. The van der Waals surface area contributed by atoms with E-state index in [2.05, 4.69) is 49.6 Å². The van der Waals surface area contributed by atoms with E-state index in [-0.39, 0.29) is 18.1 Å². The monoisotopic (exact) mass is 395 g/mol. The molecule has 1 N–H and O–H groups in total. The Morgan fingerprint density at radius 2 is 2.10 bits per heavy atom. The van der Waals surface area contributed by atoms with Gasteiger partial charge in [-0.05, 0) is 37.8 Å². The maximum absolute atomic E-state index is 12.0. The molecular formula is C21H25N5O3. The van der Waals surface area contributed by atoms with Crippen LogP contribution in [0.25, 0.3) is 11.1 Å². The lowest BCUT2D eigenvalue weighted by atomic mass is 10.00. The normalized spacial score (nSPS) is 14.0. The van der Waals surface area contributed by atoms with Crippen molar-refractivity contribution >= 4 is 22.9 Å². The number of fused-ring (bicyclic) bond motifs is 2. The van der Waals surface area contributed by atoms with Gasteiger partial charge < -0.3 is 14.6 Å². The number of esters is 1. The van der Waals surface area contributed by atoms with Crippen molar-refractivity contribution in [2.45, 2.75) is 33.2 Å². The van der Waals surface area contributed by atoms with Crippen LogP contribution >= 0.6 is 0 Å². The summed E-state index contributed by atoms with van der Waals surface area (Å²) >= 11 is 0. The molecule has 0 amide bonds. The maximum Gasteiger partial charge on any atom is 0.376 e. The number of aromatic nitrogens is 3. The van der Waals surface area contributed by atoms with Crippen LogP contribution in [0.5, 0.6) is 0 Å². The zero-order valence-electron chi connectivity index (χ0n) is 16.8. The fourth-order valence-corrected chi connectivity index (χ4v) is 3.66. The summed E-state index contributed by atoms with van der Waals surface area (Å²) in [5.74, 6) is -0.0371. The molecule has 3 heterocycles. The molecule has 8 heteroatoms. The highest BCUT2D eigenvalue weighted by atomic mass is 16.5. The molecular weight excluding hydrogens is 370 g/mol. The van der Waals surface area contributed by atoms with E-state index in [0.29, 0.717) is 16.9 Å². The van der Waals surface area contributed by atoms with Crippen LogP contribution in [-0.2, 0) is 17.7 Å². The second kappa shape index (κ2) is 8.57. The van der Waals surface area contributed by atoms with Crippen molar-refractivity contribution in [3.05, 3.63) is 46.9 Å². The largest absolute Gasteiger partial charge is 0.460 e. The van der Waals surface area contributed by atoms with Crippen molar-refractivity contribution in [2.24, 2.45) is 0 Å². The number of ether oxygens (including phenoxy) is 1. The second-order valence-electron chi connectivity index (χ2n) is 7.14. The molecule has 3 aromatic rings. The summed E-state index contributed by atoms with van der Waals surface area (Å²) in [6, 6.07) is 8.64. The van der Waals surface area contributed by atoms with Gasteiger partial charge in [-0.2, -0.15) is 4.98 Å². The fraction of sp³-hybridized carbons (Fsp3) is 0.429. The van der Waals surface area contributed by atoms with Crippen LogP contribution in [0.1, 0.15) is 40.8 Å². The van der Waals surface area contributed by atoms with Crippen molar-refractivity contribution in [1.29, 1.82) is 0 Å². The van der Waals surface area contributed by atoms with Crippen LogP contribution in [-0.4, -0.2) is 52.2 Å². The summed E-state index contributed by atoms with van der Waals surface area (Å²) in [5.41, 5.74) is 3.85. The number of carbonyl (C=O) groups excluding carboxylic acids is 1. The zero-order chi connectivity index (χ0) is 20.2. The van der Waals surface area contributed by atoms with E-state index in [9.17, 15) is 4.79 Å². The third-order valence-electron chi connectivity index (χ3n) is 5.12. The molecule has 8 nitrogen and oxygen atoms in total. The highest BCUT2D eigenvalue weighted by molar-refractivity contribution is 5.93. The highest BCUT2D eigenvalue weighted by Crippen LogP contribution is 2.24. The molecule has 0 spiro atoms. The first kappa shape index (κ1) is 19.3. The van der Waals surface area contributed by atoms with E-state index in [1.54, 1.807) is 6.92 Å². The first-order valence-corrected chi connectivity index (χ1v) is 10.00. The molecule has 0 fully saturated rings. The number of nitrogens with one attached hydrogen (secondary N) is 1. The van der Waals surface area contributed by atoms with Gasteiger partial charge in [-0.3, -0.25) is 4.90 Å². The average molecular weight is 395 g/mol. The number of hydrogen-bond donors (Lipinski definition) is 1. The van der Waals surface area contributed by atoms with Gasteiger partial charge in [-0.15, -0.1) is 0 Å². The minimum atomic E-state index is -0.571. The molecule has 0 bridgehead atoms. The lowest BCUT2D eigenvalue weighted by Gasteiger charge is -2.28. The van der Waals surface area contributed by atoms with E-state index in [0.717, 1.165) is 39.0 Å². The van der Waals surface area contributed by atoms with Gasteiger partial charge in [-0.25, -0.2) is 9.78 Å². The number of rotatable bonds is 7. The molecule has 1 aliphatic rings. The Hall–Kier alpha value is -3.00. The number of carbonyl (C=O) groups is 1. The number of hydrogen-bond acceptors (Lipinski definition) is 8.